The largest absolute Gasteiger partial charge is 0.506 e. The van der Waals surface area contributed by atoms with E-state index in [-0.39, 0.29) is 10.6 Å². The summed E-state index contributed by atoms with van der Waals surface area (Å²) >= 11 is 1.20. The average molecular weight is 213 g/mol. The molecule has 2 N–H and O–H groups in total. The Labute approximate surface area is 85.4 Å². The second-order valence-corrected chi connectivity index (χ2v) is 4.58. The first-order valence-corrected chi connectivity index (χ1v) is 5.16. The fourth-order valence-electron chi connectivity index (χ4n) is 1.65. The molecule has 0 radical (unpaired) electrons. The fourth-order valence-corrected chi connectivity index (χ4v) is 2.68. The first-order chi connectivity index (χ1) is 6.59. The minimum atomic E-state index is -1.04. The SMILES string of the molecule is CN1CCc2sc(C(=O)O)c(O)c2C1. The normalized spacial score (nSPS) is 16.6. The van der Waals surface area contributed by atoms with Gasteiger partial charge in [-0.25, -0.2) is 4.79 Å². The van der Waals surface area contributed by atoms with Crippen LogP contribution in [0.4, 0.5) is 0 Å². The van der Waals surface area contributed by atoms with Crippen LogP contribution in [-0.2, 0) is 13.0 Å². The van der Waals surface area contributed by atoms with Gasteiger partial charge in [0.15, 0.2) is 4.88 Å². The number of hydrogen-bond acceptors (Lipinski definition) is 4. The third kappa shape index (κ3) is 1.38. The summed E-state index contributed by atoms with van der Waals surface area (Å²) in [5.74, 6) is -1.08. The summed E-state index contributed by atoms with van der Waals surface area (Å²) in [6.45, 7) is 1.57. The van der Waals surface area contributed by atoms with Crippen LogP contribution in [0.1, 0.15) is 20.1 Å². The van der Waals surface area contributed by atoms with Crippen LogP contribution in [0.15, 0.2) is 0 Å². The van der Waals surface area contributed by atoms with Gasteiger partial charge in [-0.2, -0.15) is 0 Å². The molecule has 0 saturated heterocycles. The van der Waals surface area contributed by atoms with Crippen LogP contribution in [0.5, 0.6) is 5.75 Å². The van der Waals surface area contributed by atoms with Gasteiger partial charge in [0.05, 0.1) is 0 Å². The summed E-state index contributed by atoms with van der Waals surface area (Å²) < 4.78 is 0. The van der Waals surface area contributed by atoms with Gasteiger partial charge in [0.1, 0.15) is 5.75 Å². The maximum absolute atomic E-state index is 10.8. The molecule has 5 heteroatoms. The lowest BCUT2D eigenvalue weighted by Crippen LogP contribution is -2.25. The van der Waals surface area contributed by atoms with E-state index < -0.39 is 5.97 Å². The molecule has 0 spiro atoms. The average Bonchev–Trinajstić information content (AvgIpc) is 2.44. The number of rotatable bonds is 1. The zero-order valence-corrected chi connectivity index (χ0v) is 8.60. The number of hydrogen-bond donors (Lipinski definition) is 2. The number of fused-ring (bicyclic) bond motifs is 1. The van der Waals surface area contributed by atoms with E-state index in [9.17, 15) is 9.90 Å². The van der Waals surface area contributed by atoms with Crippen molar-refractivity contribution >= 4 is 17.3 Å². The van der Waals surface area contributed by atoms with Gasteiger partial charge in [-0.05, 0) is 13.5 Å². The van der Waals surface area contributed by atoms with Crippen molar-refractivity contribution in [2.24, 2.45) is 0 Å². The van der Waals surface area contributed by atoms with Crippen LogP contribution in [0.3, 0.4) is 0 Å². The molecular formula is C9H11NO3S. The first-order valence-electron chi connectivity index (χ1n) is 4.35. The lowest BCUT2D eigenvalue weighted by Gasteiger charge is -2.21. The number of aromatic hydroxyl groups is 1. The molecule has 2 heterocycles. The van der Waals surface area contributed by atoms with Crippen molar-refractivity contribution in [3.05, 3.63) is 15.3 Å². The summed E-state index contributed by atoms with van der Waals surface area (Å²) in [6.07, 6.45) is 0.831. The highest BCUT2D eigenvalue weighted by atomic mass is 32.1. The van der Waals surface area contributed by atoms with E-state index in [4.69, 9.17) is 5.11 Å². The number of carboxylic acid groups (broad SMARTS) is 1. The smallest absolute Gasteiger partial charge is 0.349 e. The Balaban J connectivity index is 2.46. The Bertz CT molecular complexity index is 386. The minimum Gasteiger partial charge on any atom is -0.506 e. The predicted octanol–water partition coefficient (Wildman–Crippen LogP) is 1.14. The van der Waals surface area contributed by atoms with E-state index in [2.05, 4.69) is 4.90 Å². The molecule has 1 aliphatic heterocycles. The van der Waals surface area contributed by atoms with Gasteiger partial charge in [0.25, 0.3) is 0 Å². The van der Waals surface area contributed by atoms with Gasteiger partial charge in [0, 0.05) is 23.5 Å². The zero-order chi connectivity index (χ0) is 10.3. The monoisotopic (exact) mass is 213 g/mol. The molecule has 1 aliphatic rings. The van der Waals surface area contributed by atoms with Crippen molar-refractivity contribution in [2.45, 2.75) is 13.0 Å². The number of carbonyl (C=O) groups is 1. The van der Waals surface area contributed by atoms with Gasteiger partial charge in [-0.15, -0.1) is 11.3 Å². The second kappa shape index (κ2) is 3.25. The van der Waals surface area contributed by atoms with Crippen molar-refractivity contribution in [1.29, 1.82) is 0 Å². The third-order valence-corrected chi connectivity index (χ3v) is 3.67. The molecule has 0 amide bonds. The molecular weight excluding hydrogens is 202 g/mol. The van der Waals surface area contributed by atoms with Crippen molar-refractivity contribution in [3.8, 4) is 5.75 Å². The summed E-state index contributed by atoms with van der Waals surface area (Å²) in [5.41, 5.74) is 0.793. The molecule has 2 rings (SSSR count). The first kappa shape index (κ1) is 9.48. The third-order valence-electron chi connectivity index (χ3n) is 2.41. The van der Waals surface area contributed by atoms with Crippen LogP contribution in [0.2, 0.25) is 0 Å². The summed E-state index contributed by atoms with van der Waals surface area (Å²) in [4.78, 5) is 13.9. The molecule has 0 atom stereocenters. The second-order valence-electron chi connectivity index (χ2n) is 3.47. The Morgan fingerprint density at radius 1 is 1.57 bits per heavy atom. The van der Waals surface area contributed by atoms with E-state index >= 15 is 0 Å². The quantitative estimate of drug-likeness (QED) is 0.734. The predicted molar refractivity (Wildman–Crippen MR) is 53.0 cm³/mol. The molecule has 0 unspecified atom stereocenters. The summed E-state index contributed by atoms with van der Waals surface area (Å²) in [6, 6.07) is 0. The summed E-state index contributed by atoms with van der Waals surface area (Å²) in [5, 5.41) is 18.5. The van der Waals surface area contributed by atoms with Gasteiger partial charge < -0.3 is 15.1 Å². The van der Waals surface area contributed by atoms with Gasteiger partial charge in [0.2, 0.25) is 0 Å². The van der Waals surface area contributed by atoms with E-state index in [0.29, 0.717) is 6.54 Å². The Morgan fingerprint density at radius 3 is 2.93 bits per heavy atom. The number of likely N-dealkylation sites (N-methyl/N-ethyl adjacent to an activating group) is 1. The maximum Gasteiger partial charge on any atom is 0.349 e. The lowest BCUT2D eigenvalue weighted by atomic mass is 10.1. The topological polar surface area (TPSA) is 60.8 Å². The van der Waals surface area contributed by atoms with Gasteiger partial charge in [-0.3, -0.25) is 0 Å². The molecule has 0 fully saturated rings. The molecule has 1 aromatic rings. The fraction of sp³-hybridized carbons (Fsp3) is 0.444. The molecule has 0 aliphatic carbocycles. The van der Waals surface area contributed by atoms with Crippen LogP contribution < -0.4 is 0 Å². The Kier molecular flexibility index (Phi) is 2.20. The van der Waals surface area contributed by atoms with Crippen LogP contribution in [0.25, 0.3) is 0 Å². The molecule has 4 nitrogen and oxygen atoms in total. The van der Waals surface area contributed by atoms with Crippen molar-refractivity contribution in [1.82, 2.24) is 4.90 Å². The van der Waals surface area contributed by atoms with E-state index in [0.717, 1.165) is 23.4 Å². The summed E-state index contributed by atoms with van der Waals surface area (Å²) in [7, 11) is 1.96. The van der Waals surface area contributed by atoms with E-state index in [1.165, 1.54) is 11.3 Å². The molecule has 0 saturated carbocycles. The lowest BCUT2D eigenvalue weighted by molar-refractivity contribution is 0.0699. The highest BCUT2D eigenvalue weighted by Gasteiger charge is 2.25. The molecule has 0 aromatic carbocycles. The number of thiophene rings is 1. The highest BCUT2D eigenvalue weighted by Crippen LogP contribution is 2.37. The van der Waals surface area contributed by atoms with Gasteiger partial charge in [-0.1, -0.05) is 0 Å². The van der Waals surface area contributed by atoms with Crippen molar-refractivity contribution in [3.63, 3.8) is 0 Å². The molecule has 76 valence electrons. The van der Waals surface area contributed by atoms with Crippen LogP contribution in [-0.4, -0.2) is 34.7 Å². The zero-order valence-electron chi connectivity index (χ0n) is 7.78. The van der Waals surface area contributed by atoms with E-state index in [1.807, 2.05) is 7.05 Å². The minimum absolute atomic E-state index is 0.0379. The molecule has 0 bridgehead atoms. The van der Waals surface area contributed by atoms with Crippen LogP contribution >= 0.6 is 11.3 Å². The Morgan fingerprint density at radius 2 is 2.29 bits per heavy atom. The number of carboxylic acids is 1. The van der Waals surface area contributed by atoms with Crippen LogP contribution in [0, 0.1) is 0 Å². The van der Waals surface area contributed by atoms with Crippen molar-refractivity contribution in [2.75, 3.05) is 13.6 Å². The Hall–Kier alpha value is -1.07. The number of aromatic carboxylic acids is 1. The van der Waals surface area contributed by atoms with E-state index in [1.54, 1.807) is 0 Å². The molecule has 1 aromatic heterocycles. The highest BCUT2D eigenvalue weighted by molar-refractivity contribution is 7.14. The molecule has 14 heavy (non-hydrogen) atoms. The standard InChI is InChI=1S/C9H11NO3S/c1-10-3-2-6-5(4-10)7(11)8(14-6)9(12)13/h11H,2-4H2,1H3,(H,12,13). The maximum atomic E-state index is 10.8. The van der Waals surface area contributed by atoms with Gasteiger partial charge >= 0.3 is 5.97 Å². The number of nitrogens with zero attached hydrogens (tertiary/aromatic N) is 1. The van der Waals surface area contributed by atoms with Crippen molar-refractivity contribution < 1.29 is 15.0 Å².